The minimum absolute atomic E-state index is 0.125. The first-order valence-corrected chi connectivity index (χ1v) is 15.0. The molecule has 0 fully saturated rings. The van der Waals surface area contributed by atoms with E-state index >= 15 is 0 Å². The molecule has 232 valence electrons. The van der Waals surface area contributed by atoms with Gasteiger partial charge in [0.05, 0.1) is 11.1 Å². The third-order valence-corrected chi connectivity index (χ3v) is 7.19. The van der Waals surface area contributed by atoms with Crippen LogP contribution in [0.15, 0.2) is 121 Å². The number of aryl methyl sites for hydroxylation is 2. The van der Waals surface area contributed by atoms with Crippen LogP contribution in [0.4, 0.5) is 0 Å². The summed E-state index contributed by atoms with van der Waals surface area (Å²) in [5.74, 6) is 1.66. The maximum absolute atomic E-state index is 13.3. The first kappa shape index (κ1) is 31.8. The van der Waals surface area contributed by atoms with E-state index in [9.17, 15) is 9.59 Å². The van der Waals surface area contributed by atoms with Crippen molar-refractivity contribution in [1.82, 2.24) is 0 Å². The maximum Gasteiger partial charge on any atom is 0.189 e. The van der Waals surface area contributed by atoms with Crippen molar-refractivity contribution in [2.75, 3.05) is 26.4 Å². The summed E-state index contributed by atoms with van der Waals surface area (Å²) in [7, 11) is 0. The lowest BCUT2D eigenvalue weighted by Crippen LogP contribution is -2.11. The highest BCUT2D eigenvalue weighted by atomic mass is 16.5. The lowest BCUT2D eigenvalue weighted by Gasteiger charge is -2.15. The van der Waals surface area contributed by atoms with Gasteiger partial charge in [-0.15, -0.1) is 0 Å². The Kier molecular flexibility index (Phi) is 10.3. The molecule has 0 atom stereocenters. The Morgan fingerprint density at radius 1 is 0.478 bits per heavy atom. The van der Waals surface area contributed by atoms with Crippen LogP contribution in [0.25, 0.3) is 12.2 Å². The second-order valence-electron chi connectivity index (χ2n) is 11.1. The van der Waals surface area contributed by atoms with Gasteiger partial charge in [-0.25, -0.2) is 0 Å². The number of carbonyl (C=O) groups is 2. The molecule has 1 aliphatic heterocycles. The summed E-state index contributed by atoms with van der Waals surface area (Å²) in [4.78, 5) is 26.6. The average Bonchev–Trinajstić information content (AvgIpc) is 3.06. The fraction of sp³-hybridized carbons (Fsp3) is 0.150. The molecule has 0 aliphatic carbocycles. The maximum atomic E-state index is 13.3. The lowest BCUT2D eigenvalue weighted by molar-refractivity contribution is 0.103. The first-order valence-electron chi connectivity index (χ1n) is 15.0. The number of carbonyl (C=O) groups excluding carboxylic acids is 2. The molecular formula is C40H36O6. The highest BCUT2D eigenvalue weighted by molar-refractivity contribution is 6.09. The van der Waals surface area contributed by atoms with Crippen molar-refractivity contribution >= 4 is 23.7 Å². The molecule has 0 saturated heterocycles. The molecule has 0 bridgehead atoms. The summed E-state index contributed by atoms with van der Waals surface area (Å²) in [6.45, 7) is 12.9. The third-order valence-electron chi connectivity index (χ3n) is 7.19. The van der Waals surface area contributed by atoms with Gasteiger partial charge < -0.3 is 18.9 Å². The summed E-state index contributed by atoms with van der Waals surface area (Å²) in [5, 5.41) is 0. The summed E-state index contributed by atoms with van der Waals surface area (Å²) >= 11 is 0. The summed E-state index contributed by atoms with van der Waals surface area (Å²) in [6.07, 6.45) is 6.52. The van der Waals surface area contributed by atoms with E-state index in [0.29, 0.717) is 45.3 Å². The van der Waals surface area contributed by atoms with Crippen LogP contribution in [0.5, 0.6) is 23.0 Å². The molecule has 4 aromatic carbocycles. The number of fused-ring (bicyclic) bond motifs is 4. The number of rotatable bonds is 0. The van der Waals surface area contributed by atoms with E-state index in [1.807, 2.05) is 62.4 Å². The van der Waals surface area contributed by atoms with Gasteiger partial charge >= 0.3 is 0 Å². The van der Waals surface area contributed by atoms with Crippen LogP contribution in [-0.2, 0) is 0 Å². The van der Waals surface area contributed by atoms with E-state index in [4.69, 9.17) is 18.9 Å². The van der Waals surface area contributed by atoms with Crippen molar-refractivity contribution in [3.05, 3.63) is 155 Å². The van der Waals surface area contributed by atoms with Gasteiger partial charge in [0.1, 0.15) is 49.4 Å². The SMILES string of the molecule is C=C1COc2ccc(C)cc2/C=C\C(=O)c2ccccc2OCC(=C)COc2ccccc2C(=O)/C=C\c2cc(C)ccc2OC1. The molecule has 0 radical (unpaired) electrons. The van der Waals surface area contributed by atoms with Crippen LogP contribution in [-0.4, -0.2) is 38.0 Å². The Morgan fingerprint density at radius 2 is 0.848 bits per heavy atom. The first-order chi connectivity index (χ1) is 22.3. The molecule has 0 amide bonds. The fourth-order valence-electron chi connectivity index (χ4n) is 4.76. The topological polar surface area (TPSA) is 71.1 Å². The van der Waals surface area contributed by atoms with Gasteiger partial charge in [-0.1, -0.05) is 60.7 Å². The predicted molar refractivity (Wildman–Crippen MR) is 182 cm³/mol. The normalized spacial score (nSPS) is 16.0. The second kappa shape index (κ2) is 14.9. The lowest BCUT2D eigenvalue weighted by atomic mass is 10.1. The van der Waals surface area contributed by atoms with Crippen LogP contribution >= 0.6 is 0 Å². The molecule has 46 heavy (non-hydrogen) atoms. The van der Waals surface area contributed by atoms with Gasteiger partial charge in [0.15, 0.2) is 11.6 Å². The second-order valence-corrected chi connectivity index (χ2v) is 11.1. The Bertz CT molecular complexity index is 1710. The van der Waals surface area contributed by atoms with Crippen LogP contribution in [0.3, 0.4) is 0 Å². The molecule has 0 unspecified atom stereocenters. The van der Waals surface area contributed by atoms with Crippen molar-refractivity contribution in [2.45, 2.75) is 13.8 Å². The van der Waals surface area contributed by atoms with Crippen LogP contribution < -0.4 is 18.9 Å². The third kappa shape index (κ3) is 8.30. The predicted octanol–water partition coefficient (Wildman–Crippen LogP) is 8.44. The largest absolute Gasteiger partial charge is 0.489 e. The number of benzene rings is 4. The quantitative estimate of drug-likeness (QED) is 0.186. The van der Waals surface area contributed by atoms with Crippen molar-refractivity contribution in [3.8, 4) is 23.0 Å². The zero-order valence-electron chi connectivity index (χ0n) is 26.1. The molecule has 5 rings (SSSR count). The minimum Gasteiger partial charge on any atom is -0.489 e. The number of para-hydroxylation sites is 2. The van der Waals surface area contributed by atoms with E-state index < -0.39 is 0 Å². The number of hydrogen-bond acceptors (Lipinski definition) is 6. The van der Waals surface area contributed by atoms with Crippen molar-refractivity contribution in [2.24, 2.45) is 0 Å². The van der Waals surface area contributed by atoms with E-state index in [0.717, 1.165) is 22.3 Å². The highest BCUT2D eigenvalue weighted by Gasteiger charge is 2.14. The summed E-state index contributed by atoms with van der Waals surface area (Å²) < 4.78 is 24.2. The molecular weight excluding hydrogens is 576 g/mol. The minimum atomic E-state index is -0.216. The highest BCUT2D eigenvalue weighted by Crippen LogP contribution is 2.27. The molecule has 4 aromatic rings. The van der Waals surface area contributed by atoms with Gasteiger partial charge in [-0.3, -0.25) is 9.59 Å². The smallest absolute Gasteiger partial charge is 0.189 e. The number of allylic oxidation sites excluding steroid dienone is 2. The van der Waals surface area contributed by atoms with Crippen LogP contribution in [0, 0.1) is 13.8 Å². The Balaban J connectivity index is 1.45. The monoisotopic (exact) mass is 612 g/mol. The molecule has 6 heteroatoms. The molecule has 0 N–H and O–H groups in total. The van der Waals surface area contributed by atoms with Gasteiger partial charge in [0.2, 0.25) is 0 Å². The van der Waals surface area contributed by atoms with E-state index in [1.165, 1.54) is 12.2 Å². The zero-order valence-corrected chi connectivity index (χ0v) is 26.1. The Labute approximate surface area is 269 Å². The number of ether oxygens (including phenoxy) is 4. The summed E-state index contributed by atoms with van der Waals surface area (Å²) in [6, 6.07) is 25.7. The van der Waals surface area contributed by atoms with E-state index in [2.05, 4.69) is 13.2 Å². The van der Waals surface area contributed by atoms with Gasteiger partial charge in [-0.05, 0) is 97.8 Å². The van der Waals surface area contributed by atoms with E-state index in [-0.39, 0.29) is 38.0 Å². The molecule has 1 aliphatic rings. The molecule has 0 aromatic heterocycles. The van der Waals surface area contributed by atoms with Gasteiger partial charge in [0, 0.05) is 11.1 Å². The Hall–Kier alpha value is -5.62. The van der Waals surface area contributed by atoms with Crippen LogP contribution in [0.2, 0.25) is 0 Å². The molecule has 0 saturated carbocycles. The van der Waals surface area contributed by atoms with Gasteiger partial charge in [-0.2, -0.15) is 0 Å². The van der Waals surface area contributed by atoms with Crippen molar-refractivity contribution in [3.63, 3.8) is 0 Å². The molecule has 0 spiro atoms. The summed E-state index contributed by atoms with van der Waals surface area (Å²) in [5.41, 5.74) is 5.76. The zero-order chi connectivity index (χ0) is 32.5. The molecule has 1 heterocycles. The van der Waals surface area contributed by atoms with E-state index in [1.54, 1.807) is 48.6 Å². The fourth-order valence-corrected chi connectivity index (χ4v) is 4.76. The average molecular weight is 613 g/mol. The van der Waals surface area contributed by atoms with Gasteiger partial charge in [0.25, 0.3) is 0 Å². The Morgan fingerprint density at radius 3 is 1.26 bits per heavy atom. The number of ketones is 2. The van der Waals surface area contributed by atoms with Crippen LogP contribution in [0.1, 0.15) is 43.0 Å². The molecule has 6 nitrogen and oxygen atoms in total. The van der Waals surface area contributed by atoms with Crippen molar-refractivity contribution in [1.29, 1.82) is 0 Å². The standard InChI is InChI=1S/C40H36O6/c1-27-13-19-37-31(21-27)15-17-35(41)33-9-5-7-11-39(33)45-25-30(4)26-46-40-12-8-6-10-34(40)36(42)18-16-32-22-28(2)14-20-38(32)44-24-29(3)23-43-37/h5-22H,3-4,23-26H2,1-2H3/b17-15-,18-16-. The number of hydrogen-bond donors (Lipinski definition) is 0. The van der Waals surface area contributed by atoms with Crippen molar-refractivity contribution < 1.29 is 28.5 Å².